The zero-order chi connectivity index (χ0) is 18.6. The van der Waals surface area contributed by atoms with Crippen LogP contribution in [-0.2, 0) is 11.2 Å². The maximum atomic E-state index is 12.3. The first kappa shape index (κ1) is 17.5. The molecule has 1 aliphatic rings. The molecule has 0 saturated heterocycles. The third-order valence-electron chi connectivity index (χ3n) is 5.09. The largest absolute Gasteiger partial charge is 0.311 e. The fourth-order valence-corrected chi connectivity index (χ4v) is 3.73. The van der Waals surface area contributed by atoms with Crippen LogP contribution >= 0.6 is 0 Å². The lowest BCUT2D eigenvalue weighted by molar-refractivity contribution is -0.116. The van der Waals surface area contributed by atoms with E-state index in [0.29, 0.717) is 42.0 Å². The average molecular weight is 365 g/mol. The van der Waals surface area contributed by atoms with E-state index in [2.05, 4.69) is 20.4 Å². The Morgan fingerprint density at radius 2 is 2.04 bits per heavy atom. The number of carbonyl (C=O) groups excluding carboxylic acids is 1. The van der Waals surface area contributed by atoms with Crippen LogP contribution in [0.4, 0.5) is 5.82 Å². The van der Waals surface area contributed by atoms with E-state index in [-0.39, 0.29) is 11.5 Å². The lowest BCUT2D eigenvalue weighted by atomic mass is 10.2. The van der Waals surface area contributed by atoms with E-state index in [4.69, 9.17) is 0 Å². The molecule has 1 fully saturated rings. The highest BCUT2D eigenvalue weighted by Gasteiger charge is 2.20. The number of H-pyrrole nitrogens is 1. The number of aromatic amines is 1. The maximum Gasteiger partial charge on any atom is 0.258 e. The predicted molar refractivity (Wildman–Crippen MR) is 104 cm³/mol. The van der Waals surface area contributed by atoms with Gasteiger partial charge >= 0.3 is 0 Å². The third-order valence-corrected chi connectivity index (χ3v) is 5.09. The van der Waals surface area contributed by atoms with Gasteiger partial charge in [-0.3, -0.25) is 9.59 Å². The molecule has 3 aromatic rings. The van der Waals surface area contributed by atoms with E-state index in [9.17, 15) is 9.59 Å². The fraction of sp³-hybridized carbons (Fsp3) is 0.400. The molecule has 2 aromatic heterocycles. The topological polar surface area (TPSA) is 92.7 Å². The number of carbonyl (C=O) groups is 1. The molecule has 2 N–H and O–H groups in total. The van der Waals surface area contributed by atoms with Gasteiger partial charge in [0.15, 0.2) is 0 Å². The molecule has 7 heteroatoms. The molecule has 140 valence electrons. The Hall–Kier alpha value is -2.96. The normalized spacial score (nSPS) is 14.7. The number of hydrogen-bond donors (Lipinski definition) is 2. The zero-order valence-electron chi connectivity index (χ0n) is 15.1. The van der Waals surface area contributed by atoms with Gasteiger partial charge in [0.2, 0.25) is 5.91 Å². The van der Waals surface area contributed by atoms with Crippen molar-refractivity contribution in [3.63, 3.8) is 0 Å². The smallest absolute Gasteiger partial charge is 0.258 e. The van der Waals surface area contributed by atoms with Gasteiger partial charge in [-0.1, -0.05) is 25.0 Å². The Morgan fingerprint density at radius 3 is 2.89 bits per heavy atom. The van der Waals surface area contributed by atoms with Crippen molar-refractivity contribution in [1.29, 1.82) is 0 Å². The van der Waals surface area contributed by atoms with Gasteiger partial charge in [0.05, 0.1) is 23.1 Å². The summed E-state index contributed by atoms with van der Waals surface area (Å²) in [6.07, 6.45) is 7.94. The van der Waals surface area contributed by atoms with Crippen molar-refractivity contribution in [2.45, 2.75) is 51.0 Å². The molecule has 4 rings (SSSR count). The third kappa shape index (κ3) is 3.92. The van der Waals surface area contributed by atoms with E-state index >= 15 is 0 Å². The number of nitrogens with one attached hydrogen (secondary N) is 2. The number of amides is 1. The molecule has 1 saturated carbocycles. The van der Waals surface area contributed by atoms with Gasteiger partial charge in [-0.15, -0.1) is 0 Å². The lowest BCUT2D eigenvalue weighted by Gasteiger charge is -2.14. The molecule has 1 aromatic carbocycles. The van der Waals surface area contributed by atoms with Crippen LogP contribution in [0.2, 0.25) is 0 Å². The van der Waals surface area contributed by atoms with E-state index < -0.39 is 0 Å². The highest BCUT2D eigenvalue weighted by molar-refractivity contribution is 5.89. The average Bonchev–Trinajstić information content (AvgIpc) is 3.33. The maximum absolute atomic E-state index is 12.3. The molecule has 2 heterocycles. The van der Waals surface area contributed by atoms with Crippen molar-refractivity contribution < 1.29 is 4.79 Å². The number of aromatic nitrogens is 4. The van der Waals surface area contributed by atoms with Gasteiger partial charge < -0.3 is 10.3 Å². The van der Waals surface area contributed by atoms with Gasteiger partial charge in [-0.2, -0.15) is 5.10 Å². The Kier molecular flexibility index (Phi) is 5.00. The molecule has 1 amide bonds. The number of benzene rings is 1. The molecule has 7 nitrogen and oxygen atoms in total. The van der Waals surface area contributed by atoms with Crippen molar-refractivity contribution in [2.75, 3.05) is 5.32 Å². The number of anilines is 1. The quantitative estimate of drug-likeness (QED) is 0.701. The summed E-state index contributed by atoms with van der Waals surface area (Å²) in [4.78, 5) is 31.7. The SMILES string of the molecule is O=C(CCCc1nc2ccccc2c(=O)[nH]1)Nc1ccnn1C1CCCC1. The van der Waals surface area contributed by atoms with Crippen LogP contribution in [0.15, 0.2) is 41.3 Å². The Balaban J connectivity index is 1.34. The summed E-state index contributed by atoms with van der Waals surface area (Å²) in [5.74, 6) is 1.34. The van der Waals surface area contributed by atoms with E-state index in [1.54, 1.807) is 12.3 Å². The summed E-state index contributed by atoms with van der Waals surface area (Å²) in [6, 6.07) is 9.50. The summed E-state index contributed by atoms with van der Waals surface area (Å²) in [5, 5.41) is 7.92. The molecule has 0 aliphatic heterocycles. The second kappa shape index (κ2) is 7.73. The summed E-state index contributed by atoms with van der Waals surface area (Å²) in [5.41, 5.74) is 0.543. The van der Waals surface area contributed by atoms with Gasteiger partial charge in [-0.25, -0.2) is 9.67 Å². The summed E-state index contributed by atoms with van der Waals surface area (Å²) in [6.45, 7) is 0. The monoisotopic (exact) mass is 365 g/mol. The van der Waals surface area contributed by atoms with Crippen LogP contribution in [0, 0.1) is 0 Å². The molecule has 27 heavy (non-hydrogen) atoms. The second-order valence-corrected chi connectivity index (χ2v) is 7.03. The predicted octanol–water partition coefficient (Wildman–Crippen LogP) is 3.20. The second-order valence-electron chi connectivity index (χ2n) is 7.03. The first-order valence-electron chi connectivity index (χ1n) is 9.52. The molecule has 0 unspecified atom stereocenters. The number of para-hydroxylation sites is 1. The standard InChI is InChI=1S/C20H23N5O2/c26-19(24-18-12-13-21-25(18)14-6-1-2-7-14)11-5-10-17-22-16-9-4-3-8-15(16)20(27)23-17/h3-4,8-9,12-14H,1-2,5-7,10-11H2,(H,24,26)(H,22,23,27). The van der Waals surface area contributed by atoms with Crippen LogP contribution in [0.25, 0.3) is 10.9 Å². The minimum absolute atomic E-state index is 0.0436. The van der Waals surface area contributed by atoms with Gasteiger partial charge in [-0.05, 0) is 31.4 Å². The van der Waals surface area contributed by atoms with Crippen molar-refractivity contribution in [1.82, 2.24) is 19.7 Å². The minimum atomic E-state index is -0.138. The Bertz CT molecular complexity index is 1000. The zero-order valence-corrected chi connectivity index (χ0v) is 15.1. The van der Waals surface area contributed by atoms with Crippen molar-refractivity contribution in [2.24, 2.45) is 0 Å². The van der Waals surface area contributed by atoms with Crippen molar-refractivity contribution in [3.05, 3.63) is 52.7 Å². The Labute approximate surface area is 156 Å². The number of nitrogens with zero attached hydrogens (tertiary/aromatic N) is 3. The summed E-state index contributed by atoms with van der Waals surface area (Å²) in [7, 11) is 0. The highest BCUT2D eigenvalue weighted by atomic mass is 16.1. The Morgan fingerprint density at radius 1 is 1.22 bits per heavy atom. The molecule has 0 bridgehead atoms. The highest BCUT2D eigenvalue weighted by Crippen LogP contribution is 2.31. The van der Waals surface area contributed by atoms with Crippen molar-refractivity contribution in [3.8, 4) is 0 Å². The lowest BCUT2D eigenvalue weighted by Crippen LogP contribution is -2.18. The molecule has 0 spiro atoms. The summed E-state index contributed by atoms with van der Waals surface area (Å²) < 4.78 is 1.94. The molecule has 0 atom stereocenters. The first-order valence-corrected chi connectivity index (χ1v) is 9.52. The fourth-order valence-electron chi connectivity index (χ4n) is 3.73. The number of hydrogen-bond acceptors (Lipinski definition) is 4. The minimum Gasteiger partial charge on any atom is -0.311 e. The first-order chi connectivity index (χ1) is 13.2. The van der Waals surface area contributed by atoms with Crippen LogP contribution in [0.1, 0.15) is 50.4 Å². The number of fused-ring (bicyclic) bond motifs is 1. The van der Waals surface area contributed by atoms with E-state index in [1.807, 2.05) is 28.9 Å². The molecular formula is C20H23N5O2. The van der Waals surface area contributed by atoms with Crippen LogP contribution < -0.4 is 10.9 Å². The van der Waals surface area contributed by atoms with Crippen LogP contribution in [-0.4, -0.2) is 25.7 Å². The van der Waals surface area contributed by atoms with Crippen LogP contribution in [0.3, 0.4) is 0 Å². The van der Waals surface area contributed by atoms with E-state index in [1.165, 1.54) is 12.8 Å². The van der Waals surface area contributed by atoms with Gasteiger partial charge in [0.25, 0.3) is 5.56 Å². The summed E-state index contributed by atoms with van der Waals surface area (Å²) >= 11 is 0. The molecule has 0 radical (unpaired) electrons. The number of aryl methyl sites for hydroxylation is 1. The molecule has 1 aliphatic carbocycles. The van der Waals surface area contributed by atoms with Gasteiger partial charge in [0.1, 0.15) is 11.6 Å². The van der Waals surface area contributed by atoms with Gasteiger partial charge in [0, 0.05) is 18.9 Å². The number of rotatable bonds is 6. The molecular weight excluding hydrogens is 342 g/mol. The van der Waals surface area contributed by atoms with Crippen molar-refractivity contribution >= 4 is 22.6 Å². The van der Waals surface area contributed by atoms with E-state index in [0.717, 1.165) is 18.7 Å². The van der Waals surface area contributed by atoms with Crippen LogP contribution in [0.5, 0.6) is 0 Å².